The van der Waals surface area contributed by atoms with Crippen LogP contribution in [0.1, 0.15) is 0 Å². The first-order valence-electron chi connectivity index (χ1n) is 4.25. The Kier molecular flexibility index (Phi) is 2.75. The molecule has 3 rings (SSSR count). The maximum absolute atomic E-state index is 6.10. The minimum absolute atomic E-state index is 0.175. The van der Waals surface area contributed by atoms with Crippen LogP contribution in [0.5, 0.6) is 0 Å². The van der Waals surface area contributed by atoms with Crippen molar-refractivity contribution in [2.75, 3.05) is 0 Å². The maximum Gasteiger partial charge on any atom is 0.160 e. The fraction of sp³-hybridized carbons (Fsp3) is 0. The van der Waals surface area contributed by atoms with Crippen LogP contribution < -0.4 is 0 Å². The highest BCUT2D eigenvalue weighted by Crippen LogP contribution is 2.47. The summed E-state index contributed by atoms with van der Waals surface area (Å²) in [6, 6.07) is 0. The van der Waals surface area contributed by atoms with E-state index in [1.165, 1.54) is 0 Å². The van der Waals surface area contributed by atoms with Crippen LogP contribution in [0.15, 0.2) is 0 Å². The molecule has 3 heterocycles. The lowest BCUT2D eigenvalue weighted by atomic mass is 10.3. The van der Waals surface area contributed by atoms with Gasteiger partial charge in [0.2, 0.25) is 0 Å². The zero-order valence-electron chi connectivity index (χ0n) is 7.66. The smallest absolute Gasteiger partial charge is 0.160 e. The second-order valence-corrected chi connectivity index (χ2v) is 5.58. The highest BCUT2D eigenvalue weighted by Gasteiger charge is 2.26. The van der Waals surface area contributed by atoms with E-state index in [4.69, 9.17) is 69.6 Å². The first-order valence-corrected chi connectivity index (χ1v) is 6.52. The molecule has 0 aliphatic heterocycles. The number of imidazole rings is 1. The van der Waals surface area contributed by atoms with Crippen LogP contribution in [0.2, 0.25) is 30.3 Å². The predicted molar refractivity (Wildman–Crippen MR) is 73.9 cm³/mol. The Balaban J connectivity index is 2.78. The van der Waals surface area contributed by atoms with E-state index in [0.717, 1.165) is 0 Å². The molecule has 8 heteroatoms. The SMILES string of the molecule is Clc1c(Cl)c2c(Cl)nc3c(Cl)c(Cl)c(c1Cl)n32. The van der Waals surface area contributed by atoms with E-state index in [2.05, 4.69) is 4.98 Å². The van der Waals surface area contributed by atoms with E-state index in [1.807, 2.05) is 0 Å². The van der Waals surface area contributed by atoms with Gasteiger partial charge in [-0.15, -0.1) is 0 Å². The highest BCUT2D eigenvalue weighted by molar-refractivity contribution is 6.55. The Morgan fingerprint density at radius 2 is 1.18 bits per heavy atom. The zero-order valence-corrected chi connectivity index (χ0v) is 12.2. The minimum Gasteiger partial charge on any atom is -0.286 e. The van der Waals surface area contributed by atoms with Gasteiger partial charge >= 0.3 is 0 Å². The molecule has 0 spiro atoms. The van der Waals surface area contributed by atoms with Gasteiger partial charge in [-0.25, -0.2) is 4.98 Å². The number of aromatic nitrogens is 2. The molecule has 0 N–H and O–H groups in total. The van der Waals surface area contributed by atoms with Crippen molar-refractivity contribution in [3.8, 4) is 0 Å². The summed E-state index contributed by atoms with van der Waals surface area (Å²) in [7, 11) is 0. The van der Waals surface area contributed by atoms with Crippen molar-refractivity contribution in [3.05, 3.63) is 30.3 Å². The van der Waals surface area contributed by atoms with Gasteiger partial charge in [-0.3, -0.25) is 4.40 Å². The van der Waals surface area contributed by atoms with Crippen LogP contribution in [0, 0.1) is 0 Å². The summed E-state index contributed by atoms with van der Waals surface area (Å²) in [4.78, 5) is 4.09. The Morgan fingerprint density at radius 1 is 0.647 bits per heavy atom. The van der Waals surface area contributed by atoms with Gasteiger partial charge in [-0.2, -0.15) is 0 Å². The number of nitrogens with zero attached hydrogens (tertiary/aromatic N) is 2. The van der Waals surface area contributed by atoms with Crippen LogP contribution in [0.4, 0.5) is 0 Å². The standard InChI is InChI=1S/C9Cl6N2/c10-1-2(11)6-4(13)5(14)9-16-8(15)7(3(1)12)17(6)9. The average molecular weight is 349 g/mol. The van der Waals surface area contributed by atoms with Crippen LogP contribution >= 0.6 is 69.6 Å². The summed E-state index contributed by atoms with van der Waals surface area (Å²) in [5, 5.41) is 1.36. The second kappa shape index (κ2) is 3.83. The third-order valence-corrected chi connectivity index (χ3v) is 4.85. The Morgan fingerprint density at radius 3 is 1.82 bits per heavy atom. The lowest BCUT2D eigenvalue weighted by Gasteiger charge is -2.05. The molecule has 2 nitrogen and oxygen atoms in total. The number of hydrogen-bond donors (Lipinski definition) is 0. The largest absolute Gasteiger partial charge is 0.286 e. The Bertz CT molecular complexity index is 762. The van der Waals surface area contributed by atoms with Crippen molar-refractivity contribution in [2.45, 2.75) is 0 Å². The first kappa shape index (κ1) is 12.2. The third-order valence-electron chi connectivity index (χ3n) is 2.46. The third kappa shape index (κ3) is 1.40. The van der Waals surface area contributed by atoms with Gasteiger partial charge in [-0.1, -0.05) is 69.6 Å². The van der Waals surface area contributed by atoms with E-state index >= 15 is 0 Å². The molecular weight excluding hydrogens is 349 g/mol. The molecule has 3 aromatic heterocycles. The van der Waals surface area contributed by atoms with Crippen molar-refractivity contribution >= 4 is 86.3 Å². The number of halogens is 6. The lowest BCUT2D eigenvalue weighted by molar-refractivity contribution is 1.32. The molecule has 0 radical (unpaired) electrons. The van der Waals surface area contributed by atoms with Crippen LogP contribution in [0.25, 0.3) is 16.7 Å². The summed E-state index contributed by atoms with van der Waals surface area (Å²) < 4.78 is 1.60. The molecule has 0 bridgehead atoms. The molecule has 0 aliphatic rings. The molecule has 0 aromatic carbocycles. The van der Waals surface area contributed by atoms with Gasteiger partial charge in [0.05, 0.1) is 25.6 Å². The molecule has 0 saturated heterocycles. The predicted octanol–water partition coefficient (Wildman–Crippen LogP) is 5.85. The van der Waals surface area contributed by atoms with Crippen LogP contribution in [0.3, 0.4) is 0 Å². The molecule has 0 fully saturated rings. The monoisotopic (exact) mass is 346 g/mol. The topological polar surface area (TPSA) is 17.3 Å². The molecule has 0 aliphatic carbocycles. The van der Waals surface area contributed by atoms with E-state index in [-0.39, 0.29) is 30.3 Å². The molecular formula is C9Cl6N2. The van der Waals surface area contributed by atoms with Gasteiger partial charge in [0.15, 0.2) is 10.8 Å². The summed E-state index contributed by atoms with van der Waals surface area (Å²) in [5.41, 5.74) is 1.31. The minimum atomic E-state index is 0.175. The summed E-state index contributed by atoms with van der Waals surface area (Å²) in [6.45, 7) is 0. The van der Waals surface area contributed by atoms with Gasteiger partial charge in [0, 0.05) is 0 Å². The summed E-state index contributed by atoms with van der Waals surface area (Å²) in [5.74, 6) is 0. The quantitative estimate of drug-likeness (QED) is 0.498. The molecule has 88 valence electrons. The van der Waals surface area contributed by atoms with Crippen molar-refractivity contribution in [1.82, 2.24) is 9.38 Å². The van der Waals surface area contributed by atoms with E-state index in [1.54, 1.807) is 4.40 Å². The van der Waals surface area contributed by atoms with E-state index in [0.29, 0.717) is 16.7 Å². The maximum atomic E-state index is 6.10. The molecule has 0 saturated carbocycles. The average Bonchev–Trinajstić information content (AvgIpc) is 2.73. The molecule has 17 heavy (non-hydrogen) atoms. The number of rotatable bonds is 0. The van der Waals surface area contributed by atoms with E-state index < -0.39 is 0 Å². The van der Waals surface area contributed by atoms with Crippen molar-refractivity contribution in [2.24, 2.45) is 0 Å². The van der Waals surface area contributed by atoms with Crippen molar-refractivity contribution in [3.63, 3.8) is 0 Å². The lowest BCUT2D eigenvalue weighted by Crippen LogP contribution is -1.87. The van der Waals surface area contributed by atoms with Crippen molar-refractivity contribution < 1.29 is 0 Å². The summed E-state index contributed by atoms with van der Waals surface area (Å²) in [6.07, 6.45) is 0. The van der Waals surface area contributed by atoms with E-state index in [9.17, 15) is 0 Å². The highest BCUT2D eigenvalue weighted by atomic mass is 35.5. The Labute approximate surface area is 125 Å². The van der Waals surface area contributed by atoms with Gasteiger partial charge < -0.3 is 0 Å². The molecule has 0 amide bonds. The van der Waals surface area contributed by atoms with Gasteiger partial charge in [0.25, 0.3) is 0 Å². The fourth-order valence-electron chi connectivity index (χ4n) is 1.75. The van der Waals surface area contributed by atoms with Crippen molar-refractivity contribution in [1.29, 1.82) is 0 Å². The normalized spacial score (nSPS) is 12.1. The molecule has 3 aromatic rings. The summed E-state index contributed by atoms with van der Waals surface area (Å²) >= 11 is 36.3. The van der Waals surface area contributed by atoms with Crippen LogP contribution in [-0.2, 0) is 0 Å². The Hall–Kier alpha value is 0.170. The number of pyridine rings is 1. The second-order valence-electron chi connectivity index (χ2n) is 3.33. The number of hydrogen-bond acceptors (Lipinski definition) is 1. The first-order chi connectivity index (χ1) is 7.95. The van der Waals surface area contributed by atoms with Gasteiger partial charge in [0.1, 0.15) is 10.5 Å². The van der Waals surface area contributed by atoms with Gasteiger partial charge in [-0.05, 0) is 0 Å². The fourth-order valence-corrected chi connectivity index (χ4v) is 3.35. The van der Waals surface area contributed by atoms with Crippen LogP contribution in [-0.4, -0.2) is 9.38 Å². The molecule has 0 unspecified atom stereocenters. The zero-order chi connectivity index (χ0) is 12.5. The molecule has 0 atom stereocenters.